The molecule has 0 radical (unpaired) electrons. The van der Waals surface area contributed by atoms with Crippen LogP contribution in [0.4, 0.5) is 5.69 Å². The number of anilines is 1. The average molecular weight is 247 g/mol. The minimum Gasteiger partial charge on any atom is -0.368 e. The SMILES string of the molecule is CC1Cc2ccccc2N1CC1(CS)CCC1. The largest absolute Gasteiger partial charge is 0.368 e. The van der Waals surface area contributed by atoms with E-state index in [1.807, 2.05) is 0 Å². The number of hydrogen-bond acceptors (Lipinski definition) is 2. The Morgan fingerprint density at radius 1 is 1.35 bits per heavy atom. The molecule has 0 amide bonds. The number of benzene rings is 1. The normalized spacial score (nSPS) is 25.5. The summed E-state index contributed by atoms with van der Waals surface area (Å²) in [5.74, 6) is 1.04. The minimum atomic E-state index is 0.495. The summed E-state index contributed by atoms with van der Waals surface area (Å²) >= 11 is 4.58. The molecule has 2 aliphatic rings. The molecule has 1 saturated carbocycles. The van der Waals surface area contributed by atoms with Crippen LogP contribution in [0.15, 0.2) is 24.3 Å². The van der Waals surface area contributed by atoms with Crippen molar-refractivity contribution in [2.45, 2.75) is 38.6 Å². The highest BCUT2D eigenvalue weighted by Crippen LogP contribution is 2.45. The maximum atomic E-state index is 4.58. The van der Waals surface area contributed by atoms with Gasteiger partial charge in [-0.25, -0.2) is 0 Å². The lowest BCUT2D eigenvalue weighted by atomic mass is 9.70. The van der Waals surface area contributed by atoms with E-state index in [0.717, 1.165) is 5.75 Å². The maximum Gasteiger partial charge on any atom is 0.0402 e. The van der Waals surface area contributed by atoms with Crippen LogP contribution < -0.4 is 4.90 Å². The summed E-state index contributed by atoms with van der Waals surface area (Å²) in [6.45, 7) is 3.56. The summed E-state index contributed by atoms with van der Waals surface area (Å²) in [6.07, 6.45) is 5.33. The molecule has 2 heteroatoms. The molecule has 17 heavy (non-hydrogen) atoms. The molecule has 1 fully saturated rings. The number of thiol groups is 1. The molecular formula is C15H21NS. The third-order valence-corrected chi connectivity index (χ3v) is 5.27. The van der Waals surface area contributed by atoms with Gasteiger partial charge in [0.2, 0.25) is 0 Å². The molecule has 92 valence electrons. The molecule has 0 N–H and O–H groups in total. The van der Waals surface area contributed by atoms with Crippen LogP contribution in [0.1, 0.15) is 31.7 Å². The highest BCUT2D eigenvalue weighted by atomic mass is 32.1. The molecule has 1 aromatic rings. The van der Waals surface area contributed by atoms with Gasteiger partial charge in [-0.1, -0.05) is 24.6 Å². The van der Waals surface area contributed by atoms with Gasteiger partial charge < -0.3 is 4.90 Å². The van der Waals surface area contributed by atoms with Gasteiger partial charge in [-0.3, -0.25) is 0 Å². The molecule has 3 rings (SSSR count). The number of hydrogen-bond donors (Lipinski definition) is 1. The van der Waals surface area contributed by atoms with Crippen molar-refractivity contribution in [3.8, 4) is 0 Å². The monoisotopic (exact) mass is 247 g/mol. The van der Waals surface area contributed by atoms with E-state index in [4.69, 9.17) is 0 Å². The number of rotatable bonds is 3. The van der Waals surface area contributed by atoms with Crippen LogP contribution in [0.5, 0.6) is 0 Å². The van der Waals surface area contributed by atoms with E-state index in [9.17, 15) is 0 Å². The summed E-state index contributed by atoms with van der Waals surface area (Å²) in [5, 5.41) is 0. The topological polar surface area (TPSA) is 3.24 Å². The van der Waals surface area contributed by atoms with Crippen LogP contribution in [0, 0.1) is 5.41 Å². The maximum absolute atomic E-state index is 4.58. The highest BCUT2D eigenvalue weighted by molar-refractivity contribution is 7.80. The second kappa shape index (κ2) is 4.24. The fourth-order valence-corrected chi connectivity index (χ4v) is 3.69. The molecule has 0 bridgehead atoms. The van der Waals surface area contributed by atoms with Gasteiger partial charge in [0, 0.05) is 18.3 Å². The van der Waals surface area contributed by atoms with Gasteiger partial charge in [0.05, 0.1) is 0 Å². The fourth-order valence-electron chi connectivity index (χ4n) is 3.27. The summed E-state index contributed by atoms with van der Waals surface area (Å²) < 4.78 is 0. The molecule has 1 unspecified atom stereocenters. The first kappa shape index (κ1) is 11.5. The van der Waals surface area contributed by atoms with Crippen molar-refractivity contribution < 1.29 is 0 Å². The number of para-hydroxylation sites is 1. The molecule has 1 nitrogen and oxygen atoms in total. The first-order valence-electron chi connectivity index (χ1n) is 6.69. The Morgan fingerprint density at radius 3 is 2.76 bits per heavy atom. The Balaban J connectivity index is 1.83. The van der Waals surface area contributed by atoms with E-state index in [1.165, 1.54) is 43.5 Å². The average Bonchev–Trinajstić information content (AvgIpc) is 2.60. The lowest BCUT2D eigenvalue weighted by molar-refractivity contribution is 0.173. The fraction of sp³-hybridized carbons (Fsp3) is 0.600. The van der Waals surface area contributed by atoms with Crippen molar-refractivity contribution in [3.63, 3.8) is 0 Å². The van der Waals surface area contributed by atoms with Crippen LogP contribution in [-0.4, -0.2) is 18.3 Å². The van der Waals surface area contributed by atoms with Crippen molar-refractivity contribution >= 4 is 18.3 Å². The van der Waals surface area contributed by atoms with Gasteiger partial charge in [-0.05, 0) is 49.0 Å². The third-order valence-electron chi connectivity index (χ3n) is 4.60. The molecule has 1 atom stereocenters. The summed E-state index contributed by atoms with van der Waals surface area (Å²) in [5.41, 5.74) is 3.48. The molecule has 0 spiro atoms. The minimum absolute atomic E-state index is 0.495. The number of nitrogens with zero attached hydrogens (tertiary/aromatic N) is 1. The quantitative estimate of drug-likeness (QED) is 0.800. The van der Waals surface area contributed by atoms with Crippen molar-refractivity contribution in [2.75, 3.05) is 17.2 Å². The Kier molecular flexibility index (Phi) is 2.86. The Bertz CT molecular complexity index is 406. The molecule has 0 aromatic heterocycles. The predicted molar refractivity (Wildman–Crippen MR) is 77.1 cm³/mol. The molecular weight excluding hydrogens is 226 g/mol. The van der Waals surface area contributed by atoms with Crippen LogP contribution in [0.25, 0.3) is 0 Å². The van der Waals surface area contributed by atoms with E-state index >= 15 is 0 Å². The third kappa shape index (κ3) is 1.87. The van der Waals surface area contributed by atoms with E-state index in [1.54, 1.807) is 0 Å². The molecule has 1 aliphatic heterocycles. The Morgan fingerprint density at radius 2 is 2.12 bits per heavy atom. The smallest absolute Gasteiger partial charge is 0.0402 e. The van der Waals surface area contributed by atoms with Gasteiger partial charge in [-0.2, -0.15) is 12.6 Å². The summed E-state index contributed by atoms with van der Waals surface area (Å²) in [4.78, 5) is 2.62. The van der Waals surface area contributed by atoms with Gasteiger partial charge >= 0.3 is 0 Å². The zero-order valence-electron chi connectivity index (χ0n) is 10.5. The van der Waals surface area contributed by atoms with Crippen molar-refractivity contribution in [2.24, 2.45) is 5.41 Å². The van der Waals surface area contributed by atoms with E-state index < -0.39 is 0 Å². The van der Waals surface area contributed by atoms with Gasteiger partial charge in [0.15, 0.2) is 0 Å². The Hall–Kier alpha value is -0.630. The molecule has 1 heterocycles. The zero-order valence-corrected chi connectivity index (χ0v) is 11.4. The van der Waals surface area contributed by atoms with Crippen LogP contribution >= 0.6 is 12.6 Å². The first-order valence-corrected chi connectivity index (χ1v) is 7.33. The highest BCUT2D eigenvalue weighted by Gasteiger charge is 2.39. The lowest BCUT2D eigenvalue weighted by Gasteiger charge is -2.45. The van der Waals surface area contributed by atoms with Gasteiger partial charge in [-0.15, -0.1) is 0 Å². The first-order chi connectivity index (χ1) is 8.24. The second-order valence-corrected chi connectivity index (χ2v) is 6.14. The molecule has 0 saturated heterocycles. The number of fused-ring (bicyclic) bond motifs is 1. The van der Waals surface area contributed by atoms with Gasteiger partial charge in [0.1, 0.15) is 0 Å². The standard InChI is InChI=1S/C15H21NS/c1-12-9-13-5-2-3-6-14(13)16(12)10-15(11-17)7-4-8-15/h2-3,5-6,12,17H,4,7-11H2,1H3. The van der Waals surface area contributed by atoms with E-state index in [0.29, 0.717) is 11.5 Å². The zero-order chi connectivity index (χ0) is 11.9. The summed E-state index contributed by atoms with van der Waals surface area (Å²) in [6, 6.07) is 9.54. The molecule has 1 aliphatic carbocycles. The van der Waals surface area contributed by atoms with Crippen molar-refractivity contribution in [3.05, 3.63) is 29.8 Å². The predicted octanol–water partition coefficient (Wildman–Crippen LogP) is 3.54. The van der Waals surface area contributed by atoms with E-state index in [2.05, 4.69) is 48.7 Å². The molecule has 1 aromatic carbocycles. The van der Waals surface area contributed by atoms with Crippen LogP contribution in [-0.2, 0) is 6.42 Å². The van der Waals surface area contributed by atoms with Crippen LogP contribution in [0.3, 0.4) is 0 Å². The van der Waals surface area contributed by atoms with Crippen LogP contribution in [0.2, 0.25) is 0 Å². The summed E-state index contributed by atoms with van der Waals surface area (Å²) in [7, 11) is 0. The van der Waals surface area contributed by atoms with E-state index in [-0.39, 0.29) is 0 Å². The van der Waals surface area contributed by atoms with Crippen molar-refractivity contribution in [1.29, 1.82) is 0 Å². The Labute approximate surface area is 110 Å². The second-order valence-electron chi connectivity index (χ2n) is 5.82. The van der Waals surface area contributed by atoms with Crippen molar-refractivity contribution in [1.82, 2.24) is 0 Å². The lowest BCUT2D eigenvalue weighted by Crippen LogP contribution is -2.45. The van der Waals surface area contributed by atoms with Gasteiger partial charge in [0.25, 0.3) is 0 Å².